The van der Waals surface area contributed by atoms with Gasteiger partial charge in [0.25, 0.3) is 0 Å². The highest BCUT2D eigenvalue weighted by Crippen LogP contribution is 2.64. The summed E-state index contributed by atoms with van der Waals surface area (Å²) in [6.45, 7) is 1.83. The molecule has 1 aliphatic heterocycles. The molecule has 2 atom stereocenters. The van der Waals surface area contributed by atoms with E-state index < -0.39 is 6.10 Å². The molecule has 0 aromatic heterocycles. The molecule has 3 heteroatoms. The fourth-order valence-electron chi connectivity index (χ4n) is 5.19. The van der Waals surface area contributed by atoms with E-state index in [-0.39, 0.29) is 11.7 Å². The summed E-state index contributed by atoms with van der Waals surface area (Å²) >= 11 is 0. The number of rotatable bonds is 1. The Morgan fingerprint density at radius 1 is 1.06 bits per heavy atom. The zero-order valence-corrected chi connectivity index (χ0v) is 9.76. The molecule has 1 saturated heterocycles. The van der Waals surface area contributed by atoms with Crippen molar-refractivity contribution >= 4 is 0 Å². The molecular weight excluding hydrogens is 204 g/mol. The van der Waals surface area contributed by atoms with Gasteiger partial charge in [-0.3, -0.25) is 0 Å². The average Bonchev–Trinajstić information content (AvgIpc) is 2.13. The summed E-state index contributed by atoms with van der Waals surface area (Å²) in [5, 5.41) is 9.82. The molecule has 0 unspecified atom stereocenters. The van der Waals surface area contributed by atoms with Crippen LogP contribution in [0.5, 0.6) is 0 Å². The van der Waals surface area contributed by atoms with Crippen LogP contribution in [0, 0.1) is 23.7 Å². The Kier molecular flexibility index (Phi) is 1.85. The molecule has 4 saturated carbocycles. The van der Waals surface area contributed by atoms with E-state index in [1.807, 2.05) is 6.92 Å². The highest BCUT2D eigenvalue weighted by atomic mass is 17.3. The number of hydrogen-bond donors (Lipinski definition) is 1. The molecule has 4 aliphatic carbocycles. The number of aliphatic hydroxyl groups is 1. The van der Waals surface area contributed by atoms with Gasteiger partial charge in [0.2, 0.25) is 0 Å². The van der Waals surface area contributed by atoms with Crippen LogP contribution in [0.25, 0.3) is 0 Å². The Hall–Kier alpha value is -0.120. The standard InChI is InChI=1S/C13H20O3/c1-7(14)12-13(16-15-12)10-3-8-2-9(5-10)6-11(13)4-8/h7-12,14H,2-6H2,1H3/t7-,8?,9?,10?,11?,12+,13?/m1/s1. The summed E-state index contributed by atoms with van der Waals surface area (Å²) in [7, 11) is 0. The summed E-state index contributed by atoms with van der Waals surface area (Å²) < 4.78 is 0. The van der Waals surface area contributed by atoms with Gasteiger partial charge < -0.3 is 5.11 Å². The van der Waals surface area contributed by atoms with Crippen LogP contribution in [-0.4, -0.2) is 22.9 Å². The monoisotopic (exact) mass is 224 g/mol. The first-order valence-electron chi connectivity index (χ1n) is 6.72. The van der Waals surface area contributed by atoms with Gasteiger partial charge in [-0.05, 0) is 62.7 Å². The SMILES string of the molecule is C[C@@H](O)[C@@H]1OOC12C1CC3CC(C1)CC2C3. The van der Waals surface area contributed by atoms with Crippen LogP contribution in [0.3, 0.4) is 0 Å². The zero-order valence-electron chi connectivity index (χ0n) is 9.76. The van der Waals surface area contributed by atoms with Crippen molar-refractivity contribution in [2.45, 2.75) is 56.8 Å². The van der Waals surface area contributed by atoms with Crippen LogP contribution in [-0.2, 0) is 9.78 Å². The van der Waals surface area contributed by atoms with Gasteiger partial charge in [-0.25, -0.2) is 9.78 Å². The molecule has 90 valence electrons. The van der Waals surface area contributed by atoms with Gasteiger partial charge in [0, 0.05) is 0 Å². The van der Waals surface area contributed by atoms with Crippen molar-refractivity contribution in [3.05, 3.63) is 0 Å². The lowest BCUT2D eigenvalue weighted by Gasteiger charge is -2.65. The summed E-state index contributed by atoms with van der Waals surface area (Å²) in [6.07, 6.45) is 6.20. The first-order chi connectivity index (χ1) is 7.70. The normalized spacial score (nSPS) is 60.0. The second kappa shape index (κ2) is 3.01. The van der Waals surface area contributed by atoms with Gasteiger partial charge in [0.05, 0.1) is 6.10 Å². The van der Waals surface area contributed by atoms with Crippen molar-refractivity contribution in [1.29, 1.82) is 0 Å². The Balaban J connectivity index is 1.69. The average molecular weight is 224 g/mol. The fraction of sp³-hybridized carbons (Fsp3) is 1.00. The molecule has 0 radical (unpaired) electrons. The summed E-state index contributed by atoms with van der Waals surface area (Å²) in [6, 6.07) is 0. The summed E-state index contributed by atoms with van der Waals surface area (Å²) in [5.74, 6) is 3.17. The predicted molar refractivity (Wildman–Crippen MR) is 57.4 cm³/mol. The summed E-state index contributed by atoms with van der Waals surface area (Å²) in [5.41, 5.74) is -0.110. The fourth-order valence-corrected chi connectivity index (χ4v) is 5.19. The maximum absolute atomic E-state index is 9.82. The van der Waals surface area contributed by atoms with Gasteiger partial charge in [-0.2, -0.15) is 0 Å². The second-order valence-electron chi connectivity index (χ2n) is 6.50. The third kappa shape index (κ3) is 1.00. The van der Waals surface area contributed by atoms with Crippen LogP contribution in [0.15, 0.2) is 0 Å². The van der Waals surface area contributed by atoms with Crippen molar-refractivity contribution in [3.8, 4) is 0 Å². The van der Waals surface area contributed by atoms with E-state index in [1.54, 1.807) is 0 Å². The molecule has 3 nitrogen and oxygen atoms in total. The smallest absolute Gasteiger partial charge is 0.151 e. The minimum Gasteiger partial charge on any atom is -0.390 e. The molecular formula is C13H20O3. The molecule has 1 spiro atoms. The van der Waals surface area contributed by atoms with Crippen molar-refractivity contribution in [3.63, 3.8) is 0 Å². The topological polar surface area (TPSA) is 38.7 Å². The van der Waals surface area contributed by atoms with Gasteiger partial charge in [0.1, 0.15) is 5.60 Å². The van der Waals surface area contributed by atoms with Crippen LogP contribution in [0.1, 0.15) is 39.0 Å². The van der Waals surface area contributed by atoms with E-state index in [9.17, 15) is 5.11 Å². The maximum Gasteiger partial charge on any atom is 0.151 e. The van der Waals surface area contributed by atoms with E-state index in [0.29, 0.717) is 11.8 Å². The molecule has 1 N–H and O–H groups in total. The van der Waals surface area contributed by atoms with Gasteiger partial charge in [-0.1, -0.05) is 0 Å². The number of aliphatic hydroxyl groups excluding tert-OH is 1. The van der Waals surface area contributed by atoms with Crippen LogP contribution in [0.4, 0.5) is 0 Å². The zero-order chi connectivity index (χ0) is 10.9. The Morgan fingerprint density at radius 2 is 1.62 bits per heavy atom. The Morgan fingerprint density at radius 3 is 2.00 bits per heavy atom. The largest absolute Gasteiger partial charge is 0.390 e. The van der Waals surface area contributed by atoms with Crippen molar-refractivity contribution in [2.75, 3.05) is 0 Å². The quantitative estimate of drug-likeness (QED) is 0.691. The lowest BCUT2D eigenvalue weighted by molar-refractivity contribution is -0.554. The van der Waals surface area contributed by atoms with Crippen molar-refractivity contribution < 1.29 is 14.9 Å². The van der Waals surface area contributed by atoms with Crippen molar-refractivity contribution in [2.24, 2.45) is 23.7 Å². The van der Waals surface area contributed by atoms with E-state index in [4.69, 9.17) is 9.78 Å². The van der Waals surface area contributed by atoms with Crippen LogP contribution in [0.2, 0.25) is 0 Å². The molecule has 16 heavy (non-hydrogen) atoms. The van der Waals surface area contributed by atoms with Gasteiger partial charge in [-0.15, -0.1) is 0 Å². The van der Waals surface area contributed by atoms with Crippen LogP contribution >= 0.6 is 0 Å². The Bertz CT molecular complexity index is 284. The van der Waals surface area contributed by atoms with Gasteiger partial charge >= 0.3 is 0 Å². The highest BCUT2D eigenvalue weighted by Gasteiger charge is 2.68. The third-order valence-corrected chi connectivity index (χ3v) is 5.59. The molecule has 0 aromatic carbocycles. The lowest BCUT2D eigenvalue weighted by Crippen LogP contribution is -2.73. The minimum absolute atomic E-state index is 0.0671. The molecule has 5 fully saturated rings. The molecule has 1 heterocycles. The highest BCUT2D eigenvalue weighted by molar-refractivity contribution is 5.13. The van der Waals surface area contributed by atoms with E-state index in [0.717, 1.165) is 11.8 Å². The maximum atomic E-state index is 9.82. The second-order valence-corrected chi connectivity index (χ2v) is 6.50. The molecule has 0 aromatic rings. The molecule has 0 amide bonds. The van der Waals surface area contributed by atoms with Crippen molar-refractivity contribution in [1.82, 2.24) is 0 Å². The predicted octanol–water partition coefficient (Wildman–Crippen LogP) is 1.89. The summed E-state index contributed by atoms with van der Waals surface area (Å²) in [4.78, 5) is 10.8. The van der Waals surface area contributed by atoms with E-state index in [2.05, 4.69) is 0 Å². The molecule has 4 bridgehead atoms. The van der Waals surface area contributed by atoms with E-state index >= 15 is 0 Å². The third-order valence-electron chi connectivity index (χ3n) is 5.59. The number of hydrogen-bond acceptors (Lipinski definition) is 3. The van der Waals surface area contributed by atoms with Gasteiger partial charge in [0.15, 0.2) is 6.10 Å². The minimum atomic E-state index is -0.397. The first kappa shape index (κ1) is 9.86. The molecule has 5 rings (SSSR count). The lowest BCUT2D eigenvalue weighted by atomic mass is 9.48. The van der Waals surface area contributed by atoms with E-state index in [1.165, 1.54) is 32.1 Å². The first-order valence-corrected chi connectivity index (χ1v) is 6.72. The van der Waals surface area contributed by atoms with Crippen LogP contribution < -0.4 is 0 Å². The molecule has 5 aliphatic rings. The Labute approximate surface area is 96.0 Å².